The second-order valence-electron chi connectivity index (χ2n) is 7.18. The first-order chi connectivity index (χ1) is 14.7. The van der Waals surface area contributed by atoms with Gasteiger partial charge >= 0.3 is 6.03 Å². The summed E-state index contributed by atoms with van der Waals surface area (Å²) in [6.07, 6.45) is 0.604. The summed E-state index contributed by atoms with van der Waals surface area (Å²) >= 11 is 11.8. The SMILES string of the molecule is COc1ccc(CCNC(=O)C(NC(=O)Nc2ccc(Cl)c(Cl)c2)C(C)C)cc1OC. The van der Waals surface area contributed by atoms with Crippen LogP contribution in [-0.2, 0) is 11.2 Å². The van der Waals surface area contributed by atoms with Crippen molar-refractivity contribution in [3.05, 3.63) is 52.0 Å². The molecule has 0 bridgehead atoms. The molecule has 0 heterocycles. The van der Waals surface area contributed by atoms with Gasteiger partial charge in [-0.1, -0.05) is 43.1 Å². The van der Waals surface area contributed by atoms with Gasteiger partial charge in [0.25, 0.3) is 0 Å². The molecular formula is C22H27Cl2N3O4. The molecule has 2 rings (SSSR count). The third-order valence-electron chi connectivity index (χ3n) is 4.57. The third kappa shape index (κ3) is 7.22. The predicted molar refractivity (Wildman–Crippen MR) is 124 cm³/mol. The Kier molecular flexibility index (Phi) is 9.27. The van der Waals surface area contributed by atoms with Crippen LogP contribution < -0.4 is 25.4 Å². The van der Waals surface area contributed by atoms with E-state index in [2.05, 4.69) is 16.0 Å². The highest BCUT2D eigenvalue weighted by molar-refractivity contribution is 6.42. The number of urea groups is 1. The molecule has 31 heavy (non-hydrogen) atoms. The molecule has 0 saturated heterocycles. The van der Waals surface area contributed by atoms with Crippen molar-refractivity contribution < 1.29 is 19.1 Å². The summed E-state index contributed by atoms with van der Waals surface area (Å²) in [5.41, 5.74) is 1.47. The van der Waals surface area contributed by atoms with E-state index in [1.54, 1.807) is 26.4 Å². The monoisotopic (exact) mass is 467 g/mol. The van der Waals surface area contributed by atoms with Gasteiger partial charge in [-0.05, 0) is 48.2 Å². The molecule has 0 radical (unpaired) electrons. The van der Waals surface area contributed by atoms with Gasteiger partial charge in [0.05, 0.1) is 24.3 Å². The summed E-state index contributed by atoms with van der Waals surface area (Å²) in [6, 6.07) is 9.14. The van der Waals surface area contributed by atoms with Crippen molar-refractivity contribution in [2.24, 2.45) is 5.92 Å². The first-order valence-corrected chi connectivity index (χ1v) is 10.5. The van der Waals surface area contributed by atoms with Gasteiger partial charge in [-0.3, -0.25) is 4.79 Å². The molecule has 0 aromatic heterocycles. The summed E-state index contributed by atoms with van der Waals surface area (Å²) in [7, 11) is 3.15. The fourth-order valence-electron chi connectivity index (χ4n) is 2.89. The van der Waals surface area contributed by atoms with Crippen LogP contribution in [0, 0.1) is 5.92 Å². The second-order valence-corrected chi connectivity index (χ2v) is 7.99. The van der Waals surface area contributed by atoms with Crippen molar-refractivity contribution in [3.8, 4) is 11.5 Å². The van der Waals surface area contributed by atoms with Crippen LogP contribution in [-0.4, -0.2) is 38.7 Å². The quantitative estimate of drug-likeness (QED) is 0.505. The lowest BCUT2D eigenvalue weighted by Gasteiger charge is -2.22. The Labute approximate surface area is 192 Å². The number of methoxy groups -OCH3 is 2. The van der Waals surface area contributed by atoms with Gasteiger partial charge in [0, 0.05) is 12.2 Å². The lowest BCUT2D eigenvalue weighted by Crippen LogP contribution is -2.51. The van der Waals surface area contributed by atoms with Crippen molar-refractivity contribution in [1.29, 1.82) is 0 Å². The average molecular weight is 468 g/mol. The maximum absolute atomic E-state index is 12.6. The van der Waals surface area contributed by atoms with E-state index in [-0.39, 0.29) is 11.8 Å². The summed E-state index contributed by atoms with van der Waals surface area (Å²) in [5, 5.41) is 8.95. The fourth-order valence-corrected chi connectivity index (χ4v) is 3.19. The number of amides is 3. The lowest BCUT2D eigenvalue weighted by atomic mass is 10.0. The number of hydrogen-bond donors (Lipinski definition) is 3. The molecule has 168 valence electrons. The molecule has 2 aromatic rings. The molecule has 0 aliphatic rings. The molecule has 2 aromatic carbocycles. The zero-order chi connectivity index (χ0) is 23.0. The van der Waals surface area contributed by atoms with Crippen molar-refractivity contribution in [3.63, 3.8) is 0 Å². The highest BCUT2D eigenvalue weighted by Gasteiger charge is 2.24. The van der Waals surface area contributed by atoms with Crippen LogP contribution in [0.15, 0.2) is 36.4 Å². The lowest BCUT2D eigenvalue weighted by molar-refractivity contribution is -0.123. The van der Waals surface area contributed by atoms with Crippen LogP contribution in [0.2, 0.25) is 10.0 Å². The van der Waals surface area contributed by atoms with Crippen LogP contribution in [0.4, 0.5) is 10.5 Å². The maximum atomic E-state index is 12.6. The van der Waals surface area contributed by atoms with Gasteiger partial charge in [-0.15, -0.1) is 0 Å². The maximum Gasteiger partial charge on any atom is 0.319 e. The Morgan fingerprint density at radius 2 is 1.68 bits per heavy atom. The molecule has 0 aliphatic carbocycles. The Morgan fingerprint density at radius 3 is 2.29 bits per heavy atom. The Hall–Kier alpha value is -2.64. The first kappa shape index (κ1) is 24.6. The zero-order valence-electron chi connectivity index (χ0n) is 17.9. The van der Waals surface area contributed by atoms with Crippen molar-refractivity contribution >= 4 is 40.8 Å². The summed E-state index contributed by atoms with van der Waals surface area (Å²) in [5.74, 6) is 0.903. The van der Waals surface area contributed by atoms with Crippen LogP contribution in [0.1, 0.15) is 19.4 Å². The van der Waals surface area contributed by atoms with Gasteiger partial charge in [0.2, 0.25) is 5.91 Å². The predicted octanol–water partition coefficient (Wildman–Crippen LogP) is 4.52. The normalized spacial score (nSPS) is 11.6. The van der Waals surface area contributed by atoms with E-state index in [1.807, 2.05) is 32.0 Å². The van der Waals surface area contributed by atoms with E-state index in [0.717, 1.165) is 5.56 Å². The number of nitrogens with one attached hydrogen (secondary N) is 3. The number of anilines is 1. The Balaban J connectivity index is 1.91. The van der Waals surface area contributed by atoms with Gasteiger partial charge in [0.15, 0.2) is 11.5 Å². The molecule has 1 unspecified atom stereocenters. The highest BCUT2D eigenvalue weighted by Crippen LogP contribution is 2.27. The van der Waals surface area contributed by atoms with E-state index < -0.39 is 12.1 Å². The molecule has 7 nitrogen and oxygen atoms in total. The van der Waals surface area contributed by atoms with Gasteiger partial charge in [-0.25, -0.2) is 4.79 Å². The zero-order valence-corrected chi connectivity index (χ0v) is 19.4. The van der Waals surface area contributed by atoms with Crippen molar-refractivity contribution in [1.82, 2.24) is 10.6 Å². The standard InChI is InChI=1S/C22H27Cl2N3O4/c1-13(2)20(27-22(29)26-15-6-7-16(23)17(24)12-15)21(28)25-10-9-14-5-8-18(30-3)19(11-14)31-4/h5-8,11-13,20H,9-10H2,1-4H3,(H,25,28)(H2,26,27,29). The molecule has 0 fully saturated rings. The summed E-state index contributed by atoms with van der Waals surface area (Å²) in [4.78, 5) is 25.0. The Bertz CT molecular complexity index is 922. The Morgan fingerprint density at radius 1 is 0.968 bits per heavy atom. The summed E-state index contributed by atoms with van der Waals surface area (Å²) < 4.78 is 10.5. The minimum absolute atomic E-state index is 0.111. The topological polar surface area (TPSA) is 88.7 Å². The van der Waals surface area contributed by atoms with E-state index in [9.17, 15) is 9.59 Å². The largest absolute Gasteiger partial charge is 0.493 e. The van der Waals surface area contributed by atoms with E-state index in [4.69, 9.17) is 32.7 Å². The summed E-state index contributed by atoms with van der Waals surface area (Å²) in [6.45, 7) is 4.13. The van der Waals surface area contributed by atoms with Crippen LogP contribution in [0.25, 0.3) is 0 Å². The second kappa shape index (κ2) is 11.7. The van der Waals surface area contributed by atoms with Gasteiger partial charge in [-0.2, -0.15) is 0 Å². The van der Waals surface area contributed by atoms with Crippen LogP contribution in [0.3, 0.4) is 0 Å². The van der Waals surface area contributed by atoms with E-state index in [0.29, 0.717) is 40.2 Å². The smallest absolute Gasteiger partial charge is 0.319 e. The minimum Gasteiger partial charge on any atom is -0.493 e. The van der Waals surface area contributed by atoms with Crippen LogP contribution >= 0.6 is 23.2 Å². The molecule has 9 heteroatoms. The molecule has 1 atom stereocenters. The minimum atomic E-state index is -0.701. The number of benzene rings is 2. The highest BCUT2D eigenvalue weighted by atomic mass is 35.5. The van der Waals surface area contributed by atoms with Crippen molar-refractivity contribution in [2.75, 3.05) is 26.1 Å². The average Bonchev–Trinajstić information content (AvgIpc) is 2.74. The molecular weight excluding hydrogens is 441 g/mol. The third-order valence-corrected chi connectivity index (χ3v) is 5.31. The van der Waals surface area contributed by atoms with Gasteiger partial charge in [0.1, 0.15) is 6.04 Å². The molecule has 0 spiro atoms. The van der Waals surface area contributed by atoms with Gasteiger partial charge < -0.3 is 25.4 Å². The fraction of sp³-hybridized carbons (Fsp3) is 0.364. The number of rotatable bonds is 9. The molecule has 3 amide bonds. The first-order valence-electron chi connectivity index (χ1n) is 9.76. The number of hydrogen-bond acceptors (Lipinski definition) is 4. The van der Waals surface area contributed by atoms with Crippen LogP contribution in [0.5, 0.6) is 11.5 Å². The number of ether oxygens (including phenoxy) is 2. The number of carbonyl (C=O) groups is 2. The van der Waals surface area contributed by atoms with E-state index >= 15 is 0 Å². The van der Waals surface area contributed by atoms with E-state index in [1.165, 1.54) is 6.07 Å². The number of carbonyl (C=O) groups excluding carboxylic acids is 2. The molecule has 3 N–H and O–H groups in total. The van der Waals surface area contributed by atoms with Crippen molar-refractivity contribution in [2.45, 2.75) is 26.3 Å². The number of halogens is 2. The molecule has 0 saturated carbocycles. The molecule has 0 aliphatic heterocycles.